The maximum atomic E-state index is 12.9. The number of rotatable bonds is 9. The number of nitrogens with zero attached hydrogens (tertiary/aromatic N) is 2. The molecule has 168 valence electrons. The Morgan fingerprint density at radius 2 is 1.97 bits per heavy atom. The van der Waals surface area contributed by atoms with E-state index in [1.54, 1.807) is 25.3 Å². The third-order valence-electron chi connectivity index (χ3n) is 4.51. The summed E-state index contributed by atoms with van der Waals surface area (Å²) in [4.78, 5) is 41.5. The predicted octanol–water partition coefficient (Wildman–Crippen LogP) is 3.20. The Bertz CT molecular complexity index is 1150. The molecule has 0 radical (unpaired) electrons. The molecule has 3 rings (SSSR count). The summed E-state index contributed by atoms with van der Waals surface area (Å²) in [7, 11) is 1.55. The van der Waals surface area contributed by atoms with Gasteiger partial charge in [-0.25, -0.2) is 9.78 Å². The van der Waals surface area contributed by atoms with Crippen molar-refractivity contribution in [3.8, 4) is 0 Å². The minimum Gasteiger partial charge on any atom is -0.383 e. The maximum Gasteiger partial charge on any atom is 0.321 e. The first-order chi connectivity index (χ1) is 15.5. The number of carbonyl (C=O) groups excluding carboxylic acids is 2. The fourth-order valence-corrected chi connectivity index (χ4v) is 4.04. The molecule has 1 aromatic heterocycles. The van der Waals surface area contributed by atoms with E-state index in [1.807, 2.05) is 30.3 Å². The van der Waals surface area contributed by atoms with E-state index in [-0.39, 0.29) is 12.0 Å². The number of benzene rings is 2. The zero-order valence-electron chi connectivity index (χ0n) is 17.5. The first-order valence-electron chi connectivity index (χ1n) is 9.91. The molecule has 0 bridgehead atoms. The van der Waals surface area contributed by atoms with Crippen LogP contribution in [0.3, 0.4) is 0 Å². The summed E-state index contributed by atoms with van der Waals surface area (Å²) >= 11 is 7.30. The van der Waals surface area contributed by atoms with Crippen LogP contribution in [0.25, 0.3) is 10.9 Å². The molecule has 0 fully saturated rings. The topological polar surface area (TPSA) is 102 Å². The summed E-state index contributed by atoms with van der Waals surface area (Å²) in [6.07, 6.45) is 0.0805. The molecule has 0 aliphatic carbocycles. The second kappa shape index (κ2) is 11.7. The normalized spacial score (nSPS) is 10.8. The van der Waals surface area contributed by atoms with Crippen LogP contribution in [-0.4, -0.2) is 41.0 Å². The third-order valence-corrected chi connectivity index (χ3v) is 5.72. The number of hydrogen-bond donors (Lipinski definition) is 2. The molecule has 0 unspecified atom stereocenters. The van der Waals surface area contributed by atoms with Gasteiger partial charge in [-0.3, -0.25) is 19.5 Å². The van der Waals surface area contributed by atoms with E-state index >= 15 is 0 Å². The lowest BCUT2D eigenvalue weighted by Crippen LogP contribution is -2.39. The fourth-order valence-electron chi connectivity index (χ4n) is 2.91. The number of carbonyl (C=O) groups is 2. The Morgan fingerprint density at radius 1 is 1.19 bits per heavy atom. The molecule has 2 N–H and O–H groups in total. The van der Waals surface area contributed by atoms with Gasteiger partial charge in [-0.1, -0.05) is 53.7 Å². The lowest BCUT2D eigenvalue weighted by atomic mass is 10.2. The number of amides is 3. The Hall–Kier alpha value is -2.88. The standard InChI is InChI=1S/C22H23ClN4O4S/c1-31-11-10-27-20(29)17-8-7-16(23)13-18(17)25-22(27)32-12-9-19(28)26-21(30)24-14-15-5-3-2-4-6-15/h2-8,13H,9-12,14H2,1H3,(H2,24,26,28,30). The highest BCUT2D eigenvalue weighted by molar-refractivity contribution is 7.99. The molecule has 3 aromatic rings. The summed E-state index contributed by atoms with van der Waals surface area (Å²) in [5.74, 6) is -0.0822. The van der Waals surface area contributed by atoms with Crippen molar-refractivity contribution in [1.82, 2.24) is 20.2 Å². The Morgan fingerprint density at radius 3 is 2.72 bits per heavy atom. The number of ether oxygens (including phenoxy) is 1. The SMILES string of the molecule is COCCn1c(SCCC(=O)NC(=O)NCc2ccccc2)nc2cc(Cl)ccc2c1=O. The molecular formula is C22H23ClN4O4S. The second-order valence-corrected chi connectivity index (χ2v) is 8.32. The van der Waals surface area contributed by atoms with Gasteiger partial charge in [0.05, 0.1) is 24.1 Å². The summed E-state index contributed by atoms with van der Waals surface area (Å²) in [6, 6.07) is 13.8. The summed E-state index contributed by atoms with van der Waals surface area (Å²) in [5.41, 5.74) is 1.22. The van der Waals surface area contributed by atoms with E-state index in [0.717, 1.165) is 5.56 Å². The van der Waals surface area contributed by atoms with Gasteiger partial charge < -0.3 is 10.1 Å². The molecule has 8 nitrogen and oxygen atoms in total. The van der Waals surface area contributed by atoms with Crippen LogP contribution in [0.4, 0.5) is 4.79 Å². The maximum absolute atomic E-state index is 12.9. The van der Waals surface area contributed by atoms with Crippen molar-refractivity contribution in [3.05, 3.63) is 69.5 Å². The number of halogens is 1. The molecule has 32 heavy (non-hydrogen) atoms. The number of thioether (sulfide) groups is 1. The number of methoxy groups -OCH3 is 1. The van der Waals surface area contributed by atoms with Gasteiger partial charge in [-0.2, -0.15) is 0 Å². The number of imide groups is 1. The number of urea groups is 1. The number of aromatic nitrogens is 2. The van der Waals surface area contributed by atoms with E-state index in [1.165, 1.54) is 16.3 Å². The van der Waals surface area contributed by atoms with E-state index in [0.29, 0.717) is 46.5 Å². The molecule has 2 aromatic carbocycles. The average Bonchev–Trinajstić information content (AvgIpc) is 2.78. The number of nitrogens with one attached hydrogen (secondary N) is 2. The molecule has 0 saturated carbocycles. The van der Waals surface area contributed by atoms with E-state index in [9.17, 15) is 14.4 Å². The van der Waals surface area contributed by atoms with Gasteiger partial charge in [-0.05, 0) is 23.8 Å². The lowest BCUT2D eigenvalue weighted by molar-refractivity contribution is -0.119. The van der Waals surface area contributed by atoms with Crippen molar-refractivity contribution in [2.24, 2.45) is 0 Å². The van der Waals surface area contributed by atoms with Gasteiger partial charge in [-0.15, -0.1) is 0 Å². The minimum absolute atomic E-state index is 0.0805. The monoisotopic (exact) mass is 474 g/mol. The van der Waals surface area contributed by atoms with Crippen LogP contribution in [-0.2, 0) is 22.6 Å². The van der Waals surface area contributed by atoms with Crippen molar-refractivity contribution in [3.63, 3.8) is 0 Å². The molecular weight excluding hydrogens is 452 g/mol. The fraction of sp³-hybridized carbons (Fsp3) is 0.273. The summed E-state index contributed by atoms with van der Waals surface area (Å²) in [5, 5.41) is 6.35. The van der Waals surface area contributed by atoms with Crippen LogP contribution in [0.15, 0.2) is 58.5 Å². The summed E-state index contributed by atoms with van der Waals surface area (Å²) < 4.78 is 6.62. The molecule has 10 heteroatoms. The quantitative estimate of drug-likeness (QED) is 0.364. The van der Waals surface area contributed by atoms with Crippen LogP contribution in [0.2, 0.25) is 5.02 Å². The highest BCUT2D eigenvalue weighted by atomic mass is 35.5. The molecule has 0 aliphatic rings. The minimum atomic E-state index is -0.556. The van der Waals surface area contributed by atoms with Crippen LogP contribution >= 0.6 is 23.4 Å². The average molecular weight is 475 g/mol. The van der Waals surface area contributed by atoms with Gasteiger partial charge in [0.1, 0.15) is 0 Å². The van der Waals surface area contributed by atoms with Crippen molar-refractivity contribution < 1.29 is 14.3 Å². The lowest BCUT2D eigenvalue weighted by Gasteiger charge is -2.13. The Balaban J connectivity index is 1.59. The van der Waals surface area contributed by atoms with Gasteiger partial charge in [0.15, 0.2) is 5.16 Å². The van der Waals surface area contributed by atoms with E-state index in [2.05, 4.69) is 15.6 Å². The zero-order valence-corrected chi connectivity index (χ0v) is 19.0. The van der Waals surface area contributed by atoms with Crippen molar-refractivity contribution in [2.45, 2.75) is 24.7 Å². The second-order valence-electron chi connectivity index (χ2n) is 6.82. The predicted molar refractivity (Wildman–Crippen MR) is 125 cm³/mol. The third kappa shape index (κ3) is 6.56. The first kappa shape index (κ1) is 23.8. The van der Waals surface area contributed by atoms with Gasteiger partial charge in [0.25, 0.3) is 5.56 Å². The van der Waals surface area contributed by atoms with Crippen LogP contribution < -0.4 is 16.2 Å². The molecule has 0 atom stereocenters. The van der Waals surface area contributed by atoms with Crippen LogP contribution in [0, 0.1) is 0 Å². The van der Waals surface area contributed by atoms with E-state index in [4.69, 9.17) is 16.3 Å². The van der Waals surface area contributed by atoms with E-state index < -0.39 is 11.9 Å². The highest BCUT2D eigenvalue weighted by Gasteiger charge is 2.14. The number of fused-ring (bicyclic) bond motifs is 1. The van der Waals surface area contributed by atoms with Crippen molar-refractivity contribution >= 4 is 46.2 Å². The van der Waals surface area contributed by atoms with Gasteiger partial charge in [0.2, 0.25) is 5.91 Å². The van der Waals surface area contributed by atoms with Gasteiger partial charge in [0, 0.05) is 30.9 Å². The first-order valence-corrected chi connectivity index (χ1v) is 11.3. The molecule has 1 heterocycles. The van der Waals surface area contributed by atoms with Crippen LogP contribution in [0.5, 0.6) is 0 Å². The van der Waals surface area contributed by atoms with Gasteiger partial charge >= 0.3 is 6.03 Å². The highest BCUT2D eigenvalue weighted by Crippen LogP contribution is 2.21. The molecule has 0 aliphatic heterocycles. The molecule has 0 saturated heterocycles. The summed E-state index contributed by atoms with van der Waals surface area (Å²) in [6.45, 7) is 0.998. The van der Waals surface area contributed by atoms with Crippen molar-refractivity contribution in [2.75, 3.05) is 19.5 Å². The van der Waals surface area contributed by atoms with Crippen LogP contribution in [0.1, 0.15) is 12.0 Å². The Labute approximate surface area is 194 Å². The molecule has 0 spiro atoms. The zero-order chi connectivity index (χ0) is 22.9. The molecule has 3 amide bonds. The van der Waals surface area contributed by atoms with Crippen molar-refractivity contribution in [1.29, 1.82) is 0 Å². The number of hydrogen-bond acceptors (Lipinski definition) is 6. The largest absolute Gasteiger partial charge is 0.383 e. The smallest absolute Gasteiger partial charge is 0.321 e. The Kier molecular flexibility index (Phi) is 8.66.